The van der Waals surface area contributed by atoms with Gasteiger partial charge in [-0.05, 0) is 35.1 Å². The summed E-state index contributed by atoms with van der Waals surface area (Å²) in [7, 11) is 0. The van der Waals surface area contributed by atoms with Crippen LogP contribution in [0.25, 0.3) is 10.8 Å². The molecule has 3 heteroatoms. The van der Waals surface area contributed by atoms with Crippen LogP contribution in [0.1, 0.15) is 29.9 Å². The molecule has 0 aliphatic heterocycles. The molecule has 1 fully saturated rings. The Hall–Kier alpha value is -1.54. The van der Waals surface area contributed by atoms with E-state index in [2.05, 4.69) is 17.3 Å². The van der Waals surface area contributed by atoms with Gasteiger partial charge in [-0.1, -0.05) is 53.2 Å². The van der Waals surface area contributed by atoms with Crippen molar-refractivity contribution in [3.05, 3.63) is 47.5 Å². The first-order valence-electron chi connectivity index (χ1n) is 5.71. The maximum Gasteiger partial charge on any atom is 0.175 e. The van der Waals surface area contributed by atoms with Crippen LogP contribution in [0, 0.1) is 0 Å². The third kappa shape index (κ3) is 1.79. The molecule has 0 amide bonds. The largest absolute Gasteiger partial charge is 0.410 e. The zero-order valence-electron chi connectivity index (χ0n) is 9.23. The van der Waals surface area contributed by atoms with Crippen LogP contribution < -0.4 is 0 Å². The predicted octanol–water partition coefficient (Wildman–Crippen LogP) is 4.09. The van der Waals surface area contributed by atoms with Crippen LogP contribution in [0.15, 0.2) is 41.6 Å². The lowest BCUT2D eigenvalue weighted by atomic mass is 9.97. The van der Waals surface area contributed by atoms with Crippen LogP contribution in [0.5, 0.6) is 0 Å². The number of fused-ring (bicyclic) bond motifs is 1. The van der Waals surface area contributed by atoms with E-state index in [-0.39, 0.29) is 5.17 Å². The maximum absolute atomic E-state index is 8.79. The minimum atomic E-state index is 0.142. The molecule has 0 radical (unpaired) electrons. The molecule has 2 aromatic rings. The summed E-state index contributed by atoms with van der Waals surface area (Å²) in [5.74, 6) is 0.693. The lowest BCUT2D eigenvalue weighted by Crippen LogP contribution is -1.95. The Kier molecular flexibility index (Phi) is 2.52. The standard InChI is InChI=1S/C14H12ClNO/c15-14(16-17)13-8-7-10(9-5-6-9)11-3-1-2-4-12(11)13/h1-4,7-9,17H,5-6H2/b16-14-. The van der Waals surface area contributed by atoms with Gasteiger partial charge in [0.25, 0.3) is 0 Å². The second-order valence-corrected chi connectivity index (χ2v) is 4.77. The first-order chi connectivity index (χ1) is 8.31. The molecule has 1 aliphatic rings. The summed E-state index contributed by atoms with van der Waals surface area (Å²) in [5.41, 5.74) is 2.17. The van der Waals surface area contributed by atoms with Crippen LogP contribution >= 0.6 is 11.6 Å². The molecule has 0 unspecified atom stereocenters. The molecule has 0 heterocycles. The van der Waals surface area contributed by atoms with Crippen molar-refractivity contribution in [1.29, 1.82) is 0 Å². The van der Waals surface area contributed by atoms with Crippen LogP contribution in [0.3, 0.4) is 0 Å². The Morgan fingerprint density at radius 3 is 2.47 bits per heavy atom. The third-order valence-electron chi connectivity index (χ3n) is 3.29. The molecule has 86 valence electrons. The average molecular weight is 246 g/mol. The summed E-state index contributed by atoms with van der Waals surface area (Å²) < 4.78 is 0. The summed E-state index contributed by atoms with van der Waals surface area (Å²) in [6.07, 6.45) is 2.54. The zero-order chi connectivity index (χ0) is 11.8. The van der Waals surface area contributed by atoms with Gasteiger partial charge in [-0.2, -0.15) is 0 Å². The fourth-order valence-corrected chi connectivity index (χ4v) is 2.47. The summed E-state index contributed by atoms with van der Waals surface area (Å²) in [4.78, 5) is 0. The molecule has 2 aromatic carbocycles. The Morgan fingerprint density at radius 1 is 1.12 bits per heavy atom. The summed E-state index contributed by atoms with van der Waals surface area (Å²) >= 11 is 5.92. The summed E-state index contributed by atoms with van der Waals surface area (Å²) in [5, 5.41) is 14.3. The van der Waals surface area contributed by atoms with Crippen molar-refractivity contribution in [2.45, 2.75) is 18.8 Å². The van der Waals surface area contributed by atoms with Gasteiger partial charge in [-0.25, -0.2) is 0 Å². The highest BCUT2D eigenvalue weighted by molar-refractivity contribution is 6.70. The molecular formula is C14H12ClNO. The summed E-state index contributed by atoms with van der Waals surface area (Å²) in [6.45, 7) is 0. The Morgan fingerprint density at radius 2 is 1.82 bits per heavy atom. The quantitative estimate of drug-likeness (QED) is 0.482. The molecule has 0 bridgehead atoms. The number of hydrogen-bond acceptors (Lipinski definition) is 2. The number of nitrogens with zero attached hydrogens (tertiary/aromatic N) is 1. The maximum atomic E-state index is 8.79. The molecule has 1 saturated carbocycles. The molecule has 3 rings (SSSR count). The van der Waals surface area contributed by atoms with Gasteiger partial charge in [-0.15, -0.1) is 0 Å². The second-order valence-electron chi connectivity index (χ2n) is 4.41. The van der Waals surface area contributed by atoms with Crippen molar-refractivity contribution in [1.82, 2.24) is 0 Å². The fourth-order valence-electron chi connectivity index (χ4n) is 2.31. The molecule has 1 aliphatic carbocycles. The van der Waals surface area contributed by atoms with Gasteiger partial charge in [0, 0.05) is 5.56 Å². The molecule has 0 saturated heterocycles. The van der Waals surface area contributed by atoms with E-state index < -0.39 is 0 Å². The van der Waals surface area contributed by atoms with Crippen LogP contribution in [-0.4, -0.2) is 10.4 Å². The SMILES string of the molecule is O/N=C(\Cl)c1ccc(C2CC2)c2ccccc12. The monoisotopic (exact) mass is 245 g/mol. The predicted molar refractivity (Wildman–Crippen MR) is 70.1 cm³/mol. The van der Waals surface area contributed by atoms with Crippen molar-refractivity contribution in [3.63, 3.8) is 0 Å². The van der Waals surface area contributed by atoms with Gasteiger partial charge >= 0.3 is 0 Å². The highest BCUT2D eigenvalue weighted by Gasteiger charge is 2.25. The highest BCUT2D eigenvalue weighted by Crippen LogP contribution is 2.43. The van der Waals surface area contributed by atoms with Gasteiger partial charge in [0.15, 0.2) is 5.17 Å². The van der Waals surface area contributed by atoms with E-state index in [0.717, 1.165) is 10.9 Å². The van der Waals surface area contributed by atoms with Crippen LogP contribution in [0.2, 0.25) is 0 Å². The zero-order valence-corrected chi connectivity index (χ0v) is 9.98. The molecule has 17 heavy (non-hydrogen) atoms. The second kappa shape index (κ2) is 4.04. The minimum Gasteiger partial charge on any atom is -0.410 e. The molecular weight excluding hydrogens is 234 g/mol. The highest BCUT2D eigenvalue weighted by atomic mass is 35.5. The topological polar surface area (TPSA) is 32.6 Å². The van der Waals surface area contributed by atoms with E-state index >= 15 is 0 Å². The number of halogens is 1. The van der Waals surface area contributed by atoms with E-state index in [0.29, 0.717) is 5.92 Å². The fraction of sp³-hybridized carbons (Fsp3) is 0.214. The van der Waals surface area contributed by atoms with Crippen molar-refractivity contribution in [3.8, 4) is 0 Å². The number of oxime groups is 1. The lowest BCUT2D eigenvalue weighted by Gasteiger charge is -2.09. The molecule has 2 nitrogen and oxygen atoms in total. The number of benzene rings is 2. The van der Waals surface area contributed by atoms with Gasteiger partial charge in [-0.3, -0.25) is 0 Å². The Balaban J connectivity index is 2.30. The van der Waals surface area contributed by atoms with Gasteiger partial charge in [0.2, 0.25) is 0 Å². The van der Waals surface area contributed by atoms with Crippen molar-refractivity contribution >= 4 is 27.5 Å². The van der Waals surface area contributed by atoms with Crippen molar-refractivity contribution in [2.24, 2.45) is 5.16 Å². The Labute approximate surface area is 105 Å². The minimum absolute atomic E-state index is 0.142. The van der Waals surface area contributed by atoms with E-state index in [9.17, 15) is 0 Å². The number of hydrogen-bond donors (Lipinski definition) is 1. The normalized spacial score (nSPS) is 16.4. The van der Waals surface area contributed by atoms with Gasteiger partial charge in [0.1, 0.15) is 0 Å². The van der Waals surface area contributed by atoms with E-state index in [1.54, 1.807) is 0 Å². The van der Waals surface area contributed by atoms with Gasteiger partial charge < -0.3 is 5.21 Å². The van der Waals surface area contributed by atoms with E-state index in [4.69, 9.17) is 16.8 Å². The molecule has 0 atom stereocenters. The van der Waals surface area contributed by atoms with E-state index in [1.165, 1.54) is 23.8 Å². The lowest BCUT2D eigenvalue weighted by molar-refractivity contribution is 0.321. The van der Waals surface area contributed by atoms with Crippen molar-refractivity contribution < 1.29 is 5.21 Å². The first kappa shape index (κ1) is 10.6. The van der Waals surface area contributed by atoms with Crippen LogP contribution in [0.4, 0.5) is 0 Å². The van der Waals surface area contributed by atoms with Crippen molar-refractivity contribution in [2.75, 3.05) is 0 Å². The summed E-state index contributed by atoms with van der Waals surface area (Å²) in [6, 6.07) is 12.2. The van der Waals surface area contributed by atoms with E-state index in [1.807, 2.05) is 24.3 Å². The van der Waals surface area contributed by atoms with Gasteiger partial charge in [0.05, 0.1) is 0 Å². The number of rotatable bonds is 2. The first-order valence-corrected chi connectivity index (χ1v) is 6.08. The average Bonchev–Trinajstić information content (AvgIpc) is 3.21. The molecule has 1 N–H and O–H groups in total. The molecule has 0 spiro atoms. The van der Waals surface area contributed by atoms with Crippen LogP contribution in [-0.2, 0) is 0 Å². The Bertz CT molecular complexity index is 602. The smallest absolute Gasteiger partial charge is 0.175 e. The third-order valence-corrected chi connectivity index (χ3v) is 3.56. The molecule has 0 aromatic heterocycles.